The molecule has 0 spiro atoms. The van der Waals surface area contributed by atoms with Crippen molar-refractivity contribution < 1.29 is 20.1 Å². The Bertz CT molecular complexity index is 2790. The second-order valence-corrected chi connectivity index (χ2v) is 14.9. The van der Waals surface area contributed by atoms with E-state index in [0.29, 0.717) is 0 Å². The van der Waals surface area contributed by atoms with Crippen LogP contribution in [0.2, 0.25) is 0 Å². The molecule has 0 N–H and O–H groups in total. The third-order valence-corrected chi connectivity index (χ3v) is 11.1. The molecule has 10 rings (SSSR count). The molecule has 0 aliphatic rings. The zero-order chi connectivity index (χ0) is 38.4. The number of para-hydroxylation sites is 2. The van der Waals surface area contributed by atoms with Gasteiger partial charge >= 0.3 is 0 Å². The zero-order valence-electron chi connectivity index (χ0n) is 32.0. The van der Waals surface area contributed by atoms with Gasteiger partial charge in [0.05, 0.1) is 22.5 Å². The molecule has 0 fully saturated rings. The number of hydrogen-bond donors (Lipinski definition) is 0. The topological polar surface area (TPSA) is 30.7 Å². The normalized spacial score (nSPS) is 10.8. The van der Waals surface area contributed by atoms with E-state index in [9.17, 15) is 0 Å². The molecule has 0 unspecified atom stereocenters. The standard InChI is InChI=1S/C42H31N2S.C11H8N.Ir/c1-29-25-34(32-15-7-3-8-16-32)41(35(26-29)33-17-9-4-10-18-33)44-39-20-12-11-19-38(39)43-42(44)37-28-45-40-24-23-31(27-36(37)40)22-21-30-13-5-2-6-14-30;1-2-6-10(7-3-1)11-8-4-5-9-12-11;/h2-20,23-27H,21-22H2,1H3;1-6,8-9H;/q2*-1;. The van der Waals surface area contributed by atoms with E-state index in [0.717, 1.165) is 52.2 Å². The molecule has 58 heavy (non-hydrogen) atoms. The van der Waals surface area contributed by atoms with Gasteiger partial charge in [-0.25, -0.2) is 0 Å². The first-order valence-corrected chi connectivity index (χ1v) is 20.1. The van der Waals surface area contributed by atoms with E-state index in [1.54, 1.807) is 17.5 Å². The summed E-state index contributed by atoms with van der Waals surface area (Å²) in [5, 5.41) is 4.90. The maximum Gasteiger partial charge on any atom is 0.0774 e. The van der Waals surface area contributed by atoms with Crippen molar-refractivity contribution in [3.8, 4) is 50.6 Å². The van der Waals surface area contributed by atoms with Gasteiger partial charge in [0.2, 0.25) is 0 Å². The van der Waals surface area contributed by atoms with Crippen LogP contribution in [0.25, 0.3) is 71.7 Å². The minimum absolute atomic E-state index is 0. The van der Waals surface area contributed by atoms with Crippen LogP contribution in [-0.4, -0.2) is 14.5 Å². The quantitative estimate of drug-likeness (QED) is 0.142. The fourth-order valence-electron chi connectivity index (χ4n) is 7.47. The number of aromatic nitrogens is 3. The van der Waals surface area contributed by atoms with Crippen LogP contribution < -0.4 is 0 Å². The largest absolute Gasteiger partial charge is 0.332 e. The number of pyridine rings is 1. The summed E-state index contributed by atoms with van der Waals surface area (Å²) in [6.45, 7) is 2.19. The van der Waals surface area contributed by atoms with Crippen molar-refractivity contribution in [1.82, 2.24) is 14.5 Å². The Morgan fingerprint density at radius 2 is 1.24 bits per heavy atom. The van der Waals surface area contributed by atoms with E-state index in [1.807, 2.05) is 42.5 Å². The van der Waals surface area contributed by atoms with Gasteiger partial charge in [0, 0.05) is 37.4 Å². The summed E-state index contributed by atoms with van der Waals surface area (Å²) >= 11 is 1.67. The SMILES string of the molecule is Cc1cc(-c2ccccc2)c(-n2c(-c3[c-]sc4ccc(CCc5ccccc5)cc34)nc3ccccc32)c(-c2ccccc2)c1.[Ir].[c-]1ccccc1-c1ccccn1. The Kier molecular flexibility index (Phi) is 11.9. The number of imidazole rings is 1. The molecular formula is C53H39IrN3S-2. The summed E-state index contributed by atoms with van der Waals surface area (Å²) in [7, 11) is 0. The van der Waals surface area contributed by atoms with Crippen LogP contribution in [0.15, 0.2) is 194 Å². The summed E-state index contributed by atoms with van der Waals surface area (Å²) < 4.78 is 3.61. The monoisotopic (exact) mass is 942 g/mol. The van der Waals surface area contributed by atoms with E-state index in [1.165, 1.54) is 49.0 Å². The molecular weight excluding hydrogens is 903 g/mol. The molecule has 1 radical (unpaired) electrons. The van der Waals surface area contributed by atoms with Crippen LogP contribution >= 0.6 is 11.3 Å². The molecule has 283 valence electrons. The van der Waals surface area contributed by atoms with E-state index >= 15 is 0 Å². The summed E-state index contributed by atoms with van der Waals surface area (Å²) in [5.41, 5.74) is 14.9. The second kappa shape index (κ2) is 17.9. The third-order valence-electron chi connectivity index (χ3n) is 10.2. The minimum atomic E-state index is 0. The summed E-state index contributed by atoms with van der Waals surface area (Å²) in [6.07, 6.45) is 3.79. The van der Waals surface area contributed by atoms with Gasteiger partial charge in [-0.15, -0.1) is 47.3 Å². The van der Waals surface area contributed by atoms with Crippen LogP contribution in [0.1, 0.15) is 16.7 Å². The Hall–Kier alpha value is -6.23. The average Bonchev–Trinajstić information content (AvgIpc) is 3.88. The molecule has 3 heterocycles. The fourth-order valence-corrected chi connectivity index (χ4v) is 8.29. The number of benzene rings is 7. The van der Waals surface area contributed by atoms with Crippen molar-refractivity contribution >= 4 is 32.5 Å². The summed E-state index contributed by atoms with van der Waals surface area (Å²) in [6, 6.07) is 69.0. The fraction of sp³-hybridized carbons (Fsp3) is 0.0566. The van der Waals surface area contributed by atoms with E-state index in [4.69, 9.17) is 4.98 Å². The van der Waals surface area contributed by atoms with Crippen LogP contribution in [0.5, 0.6) is 0 Å². The predicted octanol–water partition coefficient (Wildman–Crippen LogP) is 13.7. The van der Waals surface area contributed by atoms with Crippen LogP contribution in [0, 0.1) is 18.4 Å². The van der Waals surface area contributed by atoms with Crippen LogP contribution in [0.4, 0.5) is 0 Å². The first kappa shape index (κ1) is 38.6. The average molecular weight is 942 g/mol. The molecule has 5 heteroatoms. The summed E-state index contributed by atoms with van der Waals surface area (Å²) in [5.74, 6) is 0.917. The van der Waals surface area contributed by atoms with Crippen molar-refractivity contribution in [3.05, 3.63) is 222 Å². The molecule has 0 bridgehead atoms. The van der Waals surface area contributed by atoms with Gasteiger partial charge in [0.15, 0.2) is 0 Å². The van der Waals surface area contributed by atoms with Gasteiger partial charge in [-0.05, 0) is 78.0 Å². The number of rotatable bonds is 8. The number of thiophene rings is 1. The molecule has 10 aromatic rings. The Morgan fingerprint density at radius 3 is 1.91 bits per heavy atom. The van der Waals surface area contributed by atoms with Crippen molar-refractivity contribution in [3.63, 3.8) is 0 Å². The molecule has 0 aliphatic carbocycles. The smallest absolute Gasteiger partial charge is 0.0774 e. The summed E-state index contributed by atoms with van der Waals surface area (Å²) in [4.78, 5) is 9.55. The van der Waals surface area contributed by atoms with E-state index in [-0.39, 0.29) is 20.1 Å². The first-order chi connectivity index (χ1) is 28.2. The van der Waals surface area contributed by atoms with Gasteiger partial charge < -0.3 is 9.55 Å². The molecule has 3 aromatic heterocycles. The molecule has 0 atom stereocenters. The van der Waals surface area contributed by atoms with Crippen molar-refractivity contribution in [2.24, 2.45) is 0 Å². The number of aryl methyl sites for hydroxylation is 3. The predicted molar refractivity (Wildman–Crippen MR) is 239 cm³/mol. The molecule has 0 amide bonds. The van der Waals surface area contributed by atoms with Gasteiger partial charge in [-0.3, -0.25) is 16.3 Å². The van der Waals surface area contributed by atoms with Crippen LogP contribution in [0.3, 0.4) is 0 Å². The molecule has 3 nitrogen and oxygen atoms in total. The van der Waals surface area contributed by atoms with Crippen LogP contribution in [-0.2, 0) is 32.9 Å². The van der Waals surface area contributed by atoms with Gasteiger partial charge in [0.25, 0.3) is 0 Å². The van der Waals surface area contributed by atoms with Gasteiger partial charge in [0.1, 0.15) is 0 Å². The van der Waals surface area contributed by atoms with Gasteiger partial charge in [-0.2, -0.15) is 0 Å². The maximum atomic E-state index is 5.34. The number of hydrogen-bond acceptors (Lipinski definition) is 3. The third kappa shape index (κ3) is 8.25. The molecule has 0 saturated heterocycles. The van der Waals surface area contributed by atoms with Crippen molar-refractivity contribution in [2.75, 3.05) is 0 Å². The Balaban J connectivity index is 0.000000309. The Morgan fingerprint density at radius 1 is 0.603 bits per heavy atom. The van der Waals surface area contributed by atoms with Crippen molar-refractivity contribution in [2.45, 2.75) is 19.8 Å². The van der Waals surface area contributed by atoms with Gasteiger partial charge in [-0.1, -0.05) is 149 Å². The number of nitrogens with zero attached hydrogens (tertiary/aromatic N) is 3. The molecule has 7 aromatic carbocycles. The second-order valence-electron chi connectivity index (χ2n) is 14.1. The number of fused-ring (bicyclic) bond motifs is 2. The zero-order valence-corrected chi connectivity index (χ0v) is 35.2. The minimum Gasteiger partial charge on any atom is -0.332 e. The molecule has 0 saturated carbocycles. The van der Waals surface area contributed by atoms with Crippen molar-refractivity contribution in [1.29, 1.82) is 0 Å². The van der Waals surface area contributed by atoms with E-state index in [2.05, 4.69) is 174 Å². The molecule has 0 aliphatic heterocycles. The van der Waals surface area contributed by atoms with E-state index < -0.39 is 0 Å². The first-order valence-electron chi connectivity index (χ1n) is 19.3. The Labute approximate surface area is 357 Å². The maximum absolute atomic E-state index is 5.34.